The molecule has 1 saturated carbocycles. The lowest BCUT2D eigenvalue weighted by atomic mass is 10.0. The van der Waals surface area contributed by atoms with Crippen molar-refractivity contribution in [2.45, 2.75) is 31.7 Å². The van der Waals surface area contributed by atoms with Gasteiger partial charge in [-0.1, -0.05) is 23.2 Å². The number of likely N-dealkylation sites (tertiary alicyclic amines) is 1. The molecule has 0 radical (unpaired) electrons. The Morgan fingerprint density at radius 3 is 2.35 bits per heavy atom. The fourth-order valence-corrected chi connectivity index (χ4v) is 3.21. The van der Waals surface area contributed by atoms with Crippen molar-refractivity contribution in [1.82, 2.24) is 10.2 Å². The number of carbonyl (C=O) groups is 2. The lowest BCUT2D eigenvalue weighted by molar-refractivity contribution is -0.123. The van der Waals surface area contributed by atoms with Crippen LogP contribution in [-0.2, 0) is 4.79 Å². The van der Waals surface area contributed by atoms with Crippen molar-refractivity contribution in [2.75, 3.05) is 13.1 Å². The molecule has 1 N–H and O–H groups in total. The van der Waals surface area contributed by atoms with Gasteiger partial charge >= 0.3 is 0 Å². The summed E-state index contributed by atoms with van der Waals surface area (Å²) in [6.45, 7) is 1.02. The third-order valence-electron chi connectivity index (χ3n) is 4.32. The Balaban J connectivity index is 1.59. The first-order valence-corrected chi connectivity index (χ1v) is 8.45. The summed E-state index contributed by atoms with van der Waals surface area (Å²) in [5, 5.41) is 3.07. The summed E-state index contributed by atoms with van der Waals surface area (Å²) in [6, 6.07) is 2.42. The SMILES string of the molecule is O=C(NC1CCN(C(=O)c2cc(F)c(Cl)cc2Cl)CC1)C1CC1. The second-order valence-electron chi connectivity index (χ2n) is 6.10. The van der Waals surface area contributed by atoms with Crippen LogP contribution < -0.4 is 5.32 Å². The number of hydrogen-bond acceptors (Lipinski definition) is 2. The number of rotatable bonds is 3. The van der Waals surface area contributed by atoms with Crippen LogP contribution in [0.5, 0.6) is 0 Å². The van der Waals surface area contributed by atoms with Gasteiger partial charge < -0.3 is 10.2 Å². The van der Waals surface area contributed by atoms with Crippen molar-refractivity contribution in [2.24, 2.45) is 5.92 Å². The third-order valence-corrected chi connectivity index (χ3v) is 4.92. The van der Waals surface area contributed by atoms with Crippen molar-refractivity contribution in [3.63, 3.8) is 0 Å². The maximum Gasteiger partial charge on any atom is 0.255 e. The number of halogens is 3. The molecule has 2 amide bonds. The van der Waals surface area contributed by atoms with Crippen molar-refractivity contribution in [1.29, 1.82) is 0 Å². The van der Waals surface area contributed by atoms with Gasteiger partial charge in [-0.15, -0.1) is 0 Å². The number of hydrogen-bond donors (Lipinski definition) is 1. The molecule has 0 spiro atoms. The summed E-state index contributed by atoms with van der Waals surface area (Å²) in [4.78, 5) is 25.9. The first-order valence-electron chi connectivity index (χ1n) is 7.70. The quantitative estimate of drug-likeness (QED) is 0.843. The Bertz CT molecular complexity index is 641. The number of nitrogens with zero attached hydrogens (tertiary/aromatic N) is 1. The predicted molar refractivity (Wildman–Crippen MR) is 86.2 cm³/mol. The minimum Gasteiger partial charge on any atom is -0.353 e. The van der Waals surface area contributed by atoms with Crippen LogP contribution in [-0.4, -0.2) is 35.8 Å². The average Bonchev–Trinajstić information content (AvgIpc) is 3.36. The first kappa shape index (κ1) is 16.5. The first-order chi connectivity index (χ1) is 11.0. The fourth-order valence-electron chi connectivity index (χ4n) is 2.75. The molecule has 0 atom stereocenters. The molecule has 1 saturated heterocycles. The molecule has 0 aromatic heterocycles. The van der Waals surface area contributed by atoms with Crippen LogP contribution >= 0.6 is 23.2 Å². The van der Waals surface area contributed by atoms with Gasteiger partial charge in [0.05, 0.1) is 15.6 Å². The zero-order valence-electron chi connectivity index (χ0n) is 12.4. The number of amides is 2. The van der Waals surface area contributed by atoms with E-state index in [-0.39, 0.29) is 39.4 Å². The van der Waals surface area contributed by atoms with Gasteiger partial charge in [0.2, 0.25) is 5.91 Å². The predicted octanol–water partition coefficient (Wildman–Crippen LogP) is 3.26. The van der Waals surface area contributed by atoms with E-state index < -0.39 is 5.82 Å². The number of benzene rings is 1. The molecule has 1 heterocycles. The van der Waals surface area contributed by atoms with Gasteiger partial charge in [0.15, 0.2) is 0 Å². The normalized spacial score (nSPS) is 18.8. The summed E-state index contributed by atoms with van der Waals surface area (Å²) >= 11 is 11.6. The van der Waals surface area contributed by atoms with Gasteiger partial charge in [-0.2, -0.15) is 0 Å². The molecule has 1 aliphatic carbocycles. The molecule has 2 aliphatic rings. The zero-order valence-corrected chi connectivity index (χ0v) is 14.0. The number of carbonyl (C=O) groups excluding carboxylic acids is 2. The molecule has 3 rings (SSSR count). The molecule has 1 aliphatic heterocycles. The molecule has 2 fully saturated rings. The molecule has 1 aromatic rings. The summed E-state index contributed by atoms with van der Waals surface area (Å²) in [6.07, 6.45) is 3.34. The summed E-state index contributed by atoms with van der Waals surface area (Å²) in [5.74, 6) is -0.661. The molecule has 23 heavy (non-hydrogen) atoms. The smallest absolute Gasteiger partial charge is 0.255 e. The van der Waals surface area contributed by atoms with E-state index in [4.69, 9.17) is 23.2 Å². The van der Waals surface area contributed by atoms with Gasteiger partial charge in [-0.05, 0) is 37.8 Å². The molecular weight excluding hydrogens is 342 g/mol. The number of piperidine rings is 1. The van der Waals surface area contributed by atoms with Crippen LogP contribution in [0.15, 0.2) is 12.1 Å². The summed E-state index contributed by atoms with van der Waals surface area (Å²) in [5.41, 5.74) is 0.119. The molecule has 124 valence electrons. The van der Waals surface area contributed by atoms with E-state index in [0.717, 1.165) is 18.9 Å². The topological polar surface area (TPSA) is 49.4 Å². The van der Waals surface area contributed by atoms with Crippen molar-refractivity contribution in [3.05, 3.63) is 33.6 Å². The third kappa shape index (κ3) is 3.78. The van der Waals surface area contributed by atoms with Gasteiger partial charge in [-0.3, -0.25) is 9.59 Å². The summed E-state index contributed by atoms with van der Waals surface area (Å²) in [7, 11) is 0. The van der Waals surface area contributed by atoms with Gasteiger partial charge in [0.25, 0.3) is 5.91 Å². The average molecular weight is 359 g/mol. The zero-order chi connectivity index (χ0) is 16.6. The molecular formula is C16H17Cl2FN2O2. The Kier molecular flexibility index (Phi) is 4.78. The fraction of sp³-hybridized carbons (Fsp3) is 0.500. The van der Waals surface area contributed by atoms with Crippen molar-refractivity contribution in [3.8, 4) is 0 Å². The maximum atomic E-state index is 13.6. The highest BCUT2D eigenvalue weighted by Gasteiger charge is 2.32. The van der Waals surface area contributed by atoms with E-state index >= 15 is 0 Å². The van der Waals surface area contributed by atoms with Crippen LogP contribution in [0, 0.1) is 11.7 Å². The van der Waals surface area contributed by atoms with E-state index in [2.05, 4.69) is 5.32 Å². The lowest BCUT2D eigenvalue weighted by Crippen LogP contribution is -2.47. The molecule has 0 unspecified atom stereocenters. The van der Waals surface area contributed by atoms with Crippen molar-refractivity contribution < 1.29 is 14.0 Å². The van der Waals surface area contributed by atoms with Crippen LogP contribution in [0.2, 0.25) is 10.0 Å². The minimum atomic E-state index is -0.661. The molecule has 0 bridgehead atoms. The Morgan fingerprint density at radius 2 is 1.74 bits per heavy atom. The van der Waals surface area contributed by atoms with Crippen molar-refractivity contribution >= 4 is 35.0 Å². The van der Waals surface area contributed by atoms with Gasteiger partial charge in [0.1, 0.15) is 5.82 Å². The van der Waals surface area contributed by atoms with E-state index in [0.29, 0.717) is 25.9 Å². The van der Waals surface area contributed by atoms with Gasteiger partial charge in [-0.25, -0.2) is 4.39 Å². The molecule has 4 nitrogen and oxygen atoms in total. The van der Waals surface area contributed by atoms with Crippen LogP contribution in [0.25, 0.3) is 0 Å². The van der Waals surface area contributed by atoms with Crippen LogP contribution in [0.3, 0.4) is 0 Å². The number of nitrogens with one attached hydrogen (secondary N) is 1. The lowest BCUT2D eigenvalue weighted by Gasteiger charge is -2.32. The van der Waals surface area contributed by atoms with Crippen LogP contribution in [0.4, 0.5) is 4.39 Å². The van der Waals surface area contributed by atoms with Crippen LogP contribution in [0.1, 0.15) is 36.0 Å². The Hall–Kier alpha value is -1.33. The summed E-state index contributed by atoms with van der Waals surface area (Å²) < 4.78 is 13.6. The largest absolute Gasteiger partial charge is 0.353 e. The van der Waals surface area contributed by atoms with E-state index in [1.165, 1.54) is 6.07 Å². The highest BCUT2D eigenvalue weighted by Crippen LogP contribution is 2.30. The highest BCUT2D eigenvalue weighted by molar-refractivity contribution is 6.36. The second-order valence-corrected chi connectivity index (χ2v) is 6.91. The van der Waals surface area contributed by atoms with E-state index in [9.17, 15) is 14.0 Å². The maximum absolute atomic E-state index is 13.6. The molecule has 1 aromatic carbocycles. The standard InChI is InChI=1S/C16H17Cl2FN2O2/c17-12-8-13(18)14(19)7-11(12)16(23)21-5-3-10(4-6-21)20-15(22)9-1-2-9/h7-10H,1-6H2,(H,20,22). The Morgan fingerprint density at radius 1 is 1.09 bits per heavy atom. The highest BCUT2D eigenvalue weighted by atomic mass is 35.5. The van der Waals surface area contributed by atoms with E-state index in [1.807, 2.05) is 0 Å². The van der Waals surface area contributed by atoms with E-state index in [1.54, 1.807) is 4.90 Å². The minimum absolute atomic E-state index is 0.101. The second kappa shape index (κ2) is 6.65. The Labute approximate surface area is 143 Å². The molecule has 7 heteroatoms. The monoisotopic (exact) mass is 358 g/mol. The van der Waals surface area contributed by atoms with Gasteiger partial charge in [0, 0.05) is 25.0 Å².